The van der Waals surface area contributed by atoms with E-state index in [0.717, 1.165) is 4.57 Å². The SMILES string of the molecule is CN(C)n1ccc(=O)n(C)c1=O. The molecule has 5 heteroatoms. The van der Waals surface area contributed by atoms with Gasteiger partial charge in [-0.3, -0.25) is 9.36 Å². The molecule has 0 bridgehead atoms. The first kappa shape index (κ1) is 8.58. The lowest BCUT2D eigenvalue weighted by atomic mass is 10.6. The van der Waals surface area contributed by atoms with Crippen molar-refractivity contribution in [2.24, 2.45) is 7.05 Å². The van der Waals surface area contributed by atoms with Gasteiger partial charge in [0.2, 0.25) is 0 Å². The molecule has 0 aromatic carbocycles. The van der Waals surface area contributed by atoms with Gasteiger partial charge in [-0.05, 0) is 0 Å². The summed E-state index contributed by atoms with van der Waals surface area (Å²) in [5.74, 6) is 0. The van der Waals surface area contributed by atoms with Gasteiger partial charge in [-0.25, -0.2) is 9.47 Å². The Labute approximate surface area is 69.4 Å². The van der Waals surface area contributed by atoms with Crippen LogP contribution < -0.4 is 16.3 Å². The summed E-state index contributed by atoms with van der Waals surface area (Å²) in [6.07, 6.45) is 1.45. The fourth-order valence-corrected chi connectivity index (χ4v) is 0.862. The van der Waals surface area contributed by atoms with E-state index in [1.54, 1.807) is 19.1 Å². The molecule has 1 rings (SSSR count). The van der Waals surface area contributed by atoms with Crippen LogP contribution in [0.2, 0.25) is 0 Å². The normalized spacial score (nSPS) is 9.92. The van der Waals surface area contributed by atoms with Crippen LogP contribution in [0.4, 0.5) is 0 Å². The molecule has 0 saturated heterocycles. The Hall–Kier alpha value is -1.52. The molecular weight excluding hydrogens is 158 g/mol. The van der Waals surface area contributed by atoms with Crippen LogP contribution in [0.25, 0.3) is 0 Å². The molecule has 0 spiro atoms. The van der Waals surface area contributed by atoms with E-state index in [1.807, 2.05) is 0 Å². The number of hydrogen-bond acceptors (Lipinski definition) is 3. The lowest BCUT2D eigenvalue weighted by molar-refractivity contribution is 0.616. The average molecular weight is 169 g/mol. The predicted octanol–water partition coefficient (Wildman–Crippen LogP) is -1.26. The lowest BCUT2D eigenvalue weighted by Crippen LogP contribution is -2.44. The second-order valence-electron chi connectivity index (χ2n) is 2.69. The minimum Gasteiger partial charge on any atom is -0.315 e. The zero-order valence-corrected chi connectivity index (χ0v) is 7.31. The second-order valence-corrected chi connectivity index (χ2v) is 2.69. The van der Waals surface area contributed by atoms with Crippen LogP contribution in [0.5, 0.6) is 0 Å². The van der Waals surface area contributed by atoms with Gasteiger partial charge in [-0.15, -0.1) is 0 Å². The maximum atomic E-state index is 11.3. The number of rotatable bonds is 1. The van der Waals surface area contributed by atoms with E-state index in [9.17, 15) is 9.59 Å². The van der Waals surface area contributed by atoms with Crippen LogP contribution >= 0.6 is 0 Å². The molecule has 0 aliphatic rings. The standard InChI is InChI=1S/C7H11N3O2/c1-8(2)10-5-4-6(11)9(3)7(10)12/h4-5H,1-3H3. The van der Waals surface area contributed by atoms with Crippen molar-refractivity contribution in [3.8, 4) is 0 Å². The van der Waals surface area contributed by atoms with Crippen LogP contribution in [0.3, 0.4) is 0 Å². The van der Waals surface area contributed by atoms with Gasteiger partial charge in [0.05, 0.1) is 0 Å². The first-order valence-corrected chi connectivity index (χ1v) is 3.50. The van der Waals surface area contributed by atoms with Gasteiger partial charge < -0.3 is 5.01 Å². The van der Waals surface area contributed by atoms with E-state index < -0.39 is 0 Å². The highest BCUT2D eigenvalue weighted by atomic mass is 16.2. The predicted molar refractivity (Wildman–Crippen MR) is 46.0 cm³/mol. The third-order valence-electron chi connectivity index (χ3n) is 1.60. The topological polar surface area (TPSA) is 47.2 Å². The summed E-state index contributed by atoms with van der Waals surface area (Å²) in [6, 6.07) is 1.35. The molecule has 66 valence electrons. The zero-order chi connectivity index (χ0) is 9.30. The summed E-state index contributed by atoms with van der Waals surface area (Å²) in [7, 11) is 4.91. The molecule has 0 radical (unpaired) electrons. The molecular formula is C7H11N3O2. The van der Waals surface area contributed by atoms with Crippen LogP contribution in [-0.4, -0.2) is 23.3 Å². The maximum absolute atomic E-state index is 11.3. The fourth-order valence-electron chi connectivity index (χ4n) is 0.862. The monoisotopic (exact) mass is 169 g/mol. The second kappa shape index (κ2) is 2.84. The Bertz CT molecular complexity index is 388. The Morgan fingerprint density at radius 1 is 1.33 bits per heavy atom. The van der Waals surface area contributed by atoms with E-state index >= 15 is 0 Å². The largest absolute Gasteiger partial charge is 0.349 e. The molecule has 0 atom stereocenters. The third kappa shape index (κ3) is 1.25. The first-order valence-electron chi connectivity index (χ1n) is 3.50. The molecule has 0 saturated carbocycles. The molecule has 0 fully saturated rings. The highest BCUT2D eigenvalue weighted by molar-refractivity contribution is 4.88. The fraction of sp³-hybridized carbons (Fsp3) is 0.429. The van der Waals surface area contributed by atoms with Crippen molar-refractivity contribution in [3.05, 3.63) is 33.1 Å². The van der Waals surface area contributed by atoms with Crippen LogP contribution in [-0.2, 0) is 7.05 Å². The number of aromatic nitrogens is 2. The summed E-state index contributed by atoms with van der Waals surface area (Å²) < 4.78 is 2.40. The van der Waals surface area contributed by atoms with E-state index in [0.29, 0.717) is 0 Å². The van der Waals surface area contributed by atoms with Crippen molar-refractivity contribution in [2.45, 2.75) is 0 Å². The molecule has 0 amide bonds. The van der Waals surface area contributed by atoms with Crippen molar-refractivity contribution < 1.29 is 0 Å². The van der Waals surface area contributed by atoms with Crippen molar-refractivity contribution >= 4 is 0 Å². The van der Waals surface area contributed by atoms with Crippen molar-refractivity contribution in [3.63, 3.8) is 0 Å². The van der Waals surface area contributed by atoms with E-state index in [1.165, 1.54) is 24.0 Å². The van der Waals surface area contributed by atoms with Crippen LogP contribution in [0.1, 0.15) is 0 Å². The average Bonchev–Trinajstić information content (AvgIpc) is 2.00. The first-order chi connectivity index (χ1) is 5.54. The Kier molecular flexibility index (Phi) is 2.03. The zero-order valence-electron chi connectivity index (χ0n) is 7.31. The number of hydrogen-bond donors (Lipinski definition) is 0. The third-order valence-corrected chi connectivity index (χ3v) is 1.60. The lowest BCUT2D eigenvalue weighted by Gasteiger charge is -2.15. The van der Waals surface area contributed by atoms with Crippen molar-refractivity contribution in [1.82, 2.24) is 9.24 Å². The highest BCUT2D eigenvalue weighted by Gasteiger charge is 2.00. The minimum absolute atomic E-state index is 0.293. The molecule has 0 unspecified atom stereocenters. The van der Waals surface area contributed by atoms with Gasteiger partial charge in [0.1, 0.15) is 0 Å². The van der Waals surface area contributed by atoms with Gasteiger partial charge in [0, 0.05) is 33.4 Å². The summed E-state index contributed by atoms with van der Waals surface area (Å²) >= 11 is 0. The Morgan fingerprint density at radius 2 is 1.92 bits per heavy atom. The molecule has 1 heterocycles. The summed E-state index contributed by atoms with van der Waals surface area (Å²) in [6.45, 7) is 0. The minimum atomic E-state index is -0.340. The maximum Gasteiger partial charge on any atom is 0.349 e. The summed E-state index contributed by atoms with van der Waals surface area (Å²) in [5, 5.41) is 1.60. The van der Waals surface area contributed by atoms with Crippen LogP contribution in [0.15, 0.2) is 21.9 Å². The smallest absolute Gasteiger partial charge is 0.315 e. The van der Waals surface area contributed by atoms with Gasteiger partial charge in [0.25, 0.3) is 5.56 Å². The van der Waals surface area contributed by atoms with Crippen molar-refractivity contribution in [1.29, 1.82) is 0 Å². The summed E-state index contributed by atoms with van der Waals surface area (Å²) in [4.78, 5) is 22.3. The van der Waals surface area contributed by atoms with Crippen molar-refractivity contribution in [2.75, 3.05) is 19.1 Å². The Balaban J connectivity index is 3.48. The molecule has 1 aromatic rings. The van der Waals surface area contributed by atoms with E-state index in [-0.39, 0.29) is 11.2 Å². The van der Waals surface area contributed by atoms with Gasteiger partial charge in [0.15, 0.2) is 0 Å². The number of nitrogens with zero attached hydrogens (tertiary/aromatic N) is 3. The van der Waals surface area contributed by atoms with Gasteiger partial charge in [-0.1, -0.05) is 0 Å². The quantitative estimate of drug-likeness (QED) is 0.527. The van der Waals surface area contributed by atoms with Gasteiger partial charge in [-0.2, -0.15) is 0 Å². The van der Waals surface area contributed by atoms with E-state index in [2.05, 4.69) is 0 Å². The molecule has 5 nitrogen and oxygen atoms in total. The molecule has 12 heavy (non-hydrogen) atoms. The van der Waals surface area contributed by atoms with E-state index in [4.69, 9.17) is 0 Å². The van der Waals surface area contributed by atoms with Crippen LogP contribution in [0, 0.1) is 0 Å². The Morgan fingerprint density at radius 3 is 2.42 bits per heavy atom. The highest BCUT2D eigenvalue weighted by Crippen LogP contribution is 1.74. The molecule has 1 aromatic heterocycles. The van der Waals surface area contributed by atoms with Gasteiger partial charge >= 0.3 is 5.69 Å². The molecule has 0 N–H and O–H groups in total. The summed E-state index contributed by atoms with van der Waals surface area (Å²) in [5.41, 5.74) is -0.634. The molecule has 0 aliphatic carbocycles. The molecule has 0 aliphatic heterocycles.